The van der Waals surface area contributed by atoms with Crippen LogP contribution < -0.4 is 15.8 Å². The molecule has 2 aromatic heterocycles. The van der Waals surface area contributed by atoms with E-state index in [4.69, 9.17) is 16.3 Å². The first-order valence-electron chi connectivity index (χ1n) is 8.38. The minimum Gasteiger partial charge on any atom is -0.444 e. The van der Waals surface area contributed by atoms with E-state index in [1.54, 1.807) is 26.2 Å². The fourth-order valence-corrected chi connectivity index (χ4v) is 3.16. The lowest BCUT2D eigenvalue weighted by Crippen LogP contribution is -2.33. The summed E-state index contributed by atoms with van der Waals surface area (Å²) in [5.41, 5.74) is 1.07. The van der Waals surface area contributed by atoms with Gasteiger partial charge in [-0.3, -0.25) is 9.69 Å². The summed E-state index contributed by atoms with van der Waals surface area (Å²) in [4.78, 5) is 36.6. The fourth-order valence-electron chi connectivity index (χ4n) is 2.99. The number of anilines is 2. The van der Waals surface area contributed by atoms with Crippen molar-refractivity contribution in [3.63, 3.8) is 0 Å². The van der Waals surface area contributed by atoms with Crippen LogP contribution in [0.1, 0.15) is 24.1 Å². The molecule has 1 unspecified atom stereocenters. The molecule has 1 aliphatic rings. The molecule has 144 valence electrons. The minimum absolute atomic E-state index is 0.0287. The summed E-state index contributed by atoms with van der Waals surface area (Å²) in [5, 5.41) is 3.62. The van der Waals surface area contributed by atoms with E-state index in [-0.39, 0.29) is 23.1 Å². The van der Waals surface area contributed by atoms with Gasteiger partial charge in [-0.05, 0) is 25.1 Å². The lowest BCUT2D eigenvalue weighted by atomic mass is 10.1. The summed E-state index contributed by atoms with van der Waals surface area (Å²) in [6.45, 7) is 1.87. The zero-order valence-electron chi connectivity index (χ0n) is 14.9. The van der Waals surface area contributed by atoms with Crippen LogP contribution in [0.3, 0.4) is 0 Å². The van der Waals surface area contributed by atoms with Gasteiger partial charge in [0.2, 0.25) is 5.95 Å². The van der Waals surface area contributed by atoms with Crippen molar-refractivity contribution in [2.75, 3.05) is 17.3 Å². The molecule has 0 spiro atoms. The van der Waals surface area contributed by atoms with Gasteiger partial charge in [0.15, 0.2) is 0 Å². The molecule has 0 saturated heterocycles. The predicted molar refractivity (Wildman–Crippen MR) is 102 cm³/mol. The van der Waals surface area contributed by atoms with E-state index >= 15 is 0 Å². The van der Waals surface area contributed by atoms with Crippen molar-refractivity contribution in [2.24, 2.45) is 0 Å². The molecule has 4 rings (SSSR count). The average molecular weight is 404 g/mol. The summed E-state index contributed by atoms with van der Waals surface area (Å²) >= 11 is 5.84. The Morgan fingerprint density at radius 2 is 2.14 bits per heavy atom. The molecule has 0 radical (unpaired) electrons. The molecule has 10 heteroatoms. The van der Waals surface area contributed by atoms with Crippen molar-refractivity contribution in [2.45, 2.75) is 19.6 Å². The third kappa shape index (κ3) is 3.13. The molecule has 1 amide bonds. The SMILES string of the molecule is CC(Nc1ncc2c(n1)N(C)C(=O)OC2)c1cc2cc(Cl)c(F)cc2[nH]c1=O. The zero-order chi connectivity index (χ0) is 20.0. The number of ether oxygens (including phenoxy) is 1. The standard InChI is InChI=1S/C18H15ClFN5O3/c1-8(11-3-9-4-12(19)13(20)5-14(9)23-16(11)26)22-17-21-6-10-7-28-18(27)25(2)15(10)24-17/h3-6,8H,7H2,1-2H3,(H,23,26)(H,21,22,24). The van der Waals surface area contributed by atoms with Crippen LogP contribution in [0.15, 0.2) is 29.2 Å². The van der Waals surface area contributed by atoms with Gasteiger partial charge in [-0.2, -0.15) is 4.98 Å². The number of H-pyrrole nitrogens is 1. The maximum absolute atomic E-state index is 13.6. The van der Waals surface area contributed by atoms with Gasteiger partial charge in [-0.15, -0.1) is 0 Å². The summed E-state index contributed by atoms with van der Waals surface area (Å²) in [5.74, 6) is 0.0916. The topological polar surface area (TPSA) is 100 Å². The van der Waals surface area contributed by atoms with Crippen molar-refractivity contribution in [3.05, 3.63) is 56.7 Å². The van der Waals surface area contributed by atoms with Crippen LogP contribution in [-0.4, -0.2) is 28.1 Å². The fraction of sp³-hybridized carbons (Fsp3) is 0.222. The van der Waals surface area contributed by atoms with E-state index in [9.17, 15) is 14.0 Å². The number of cyclic esters (lactones) is 1. The Labute approximate surface area is 163 Å². The van der Waals surface area contributed by atoms with Crippen molar-refractivity contribution in [1.82, 2.24) is 15.0 Å². The molecule has 0 fully saturated rings. The maximum Gasteiger partial charge on any atom is 0.415 e. The Bertz CT molecular complexity index is 1170. The monoisotopic (exact) mass is 403 g/mol. The summed E-state index contributed by atoms with van der Waals surface area (Å²) in [7, 11) is 1.55. The number of amides is 1. The Balaban J connectivity index is 1.66. The number of rotatable bonds is 3. The van der Waals surface area contributed by atoms with Gasteiger partial charge in [-0.1, -0.05) is 11.6 Å². The molecule has 3 aromatic rings. The van der Waals surface area contributed by atoms with Crippen molar-refractivity contribution >= 4 is 40.4 Å². The molecule has 1 aromatic carbocycles. The zero-order valence-corrected chi connectivity index (χ0v) is 15.7. The largest absolute Gasteiger partial charge is 0.444 e. The third-order valence-corrected chi connectivity index (χ3v) is 4.80. The molecule has 0 bridgehead atoms. The van der Waals surface area contributed by atoms with Gasteiger partial charge in [0.25, 0.3) is 5.56 Å². The first-order chi connectivity index (χ1) is 13.3. The number of hydrogen-bond acceptors (Lipinski definition) is 6. The molecule has 0 aliphatic carbocycles. The van der Waals surface area contributed by atoms with E-state index < -0.39 is 18.0 Å². The number of nitrogens with zero attached hydrogens (tertiary/aromatic N) is 3. The number of benzene rings is 1. The van der Waals surface area contributed by atoms with Crippen LogP contribution in [0.25, 0.3) is 10.9 Å². The van der Waals surface area contributed by atoms with Gasteiger partial charge in [0, 0.05) is 24.2 Å². The summed E-state index contributed by atoms with van der Waals surface area (Å²) < 4.78 is 18.6. The second-order valence-electron chi connectivity index (χ2n) is 6.43. The number of fused-ring (bicyclic) bond motifs is 2. The van der Waals surface area contributed by atoms with Crippen molar-refractivity contribution in [1.29, 1.82) is 0 Å². The number of aromatic amines is 1. The van der Waals surface area contributed by atoms with E-state index in [0.29, 0.717) is 27.8 Å². The lowest BCUT2D eigenvalue weighted by Gasteiger charge is -2.24. The Morgan fingerprint density at radius 3 is 2.93 bits per heavy atom. The van der Waals surface area contributed by atoms with E-state index in [2.05, 4.69) is 20.3 Å². The highest BCUT2D eigenvalue weighted by Gasteiger charge is 2.25. The minimum atomic E-state index is -0.603. The van der Waals surface area contributed by atoms with E-state index in [1.807, 2.05) is 0 Å². The second-order valence-corrected chi connectivity index (χ2v) is 6.84. The van der Waals surface area contributed by atoms with Gasteiger partial charge in [-0.25, -0.2) is 14.2 Å². The molecule has 3 heterocycles. The third-order valence-electron chi connectivity index (χ3n) is 4.51. The highest BCUT2D eigenvalue weighted by Crippen LogP contribution is 2.26. The molecule has 0 saturated carbocycles. The van der Waals surface area contributed by atoms with Gasteiger partial charge in [0.05, 0.1) is 22.1 Å². The van der Waals surface area contributed by atoms with Gasteiger partial charge < -0.3 is 15.0 Å². The van der Waals surface area contributed by atoms with Crippen LogP contribution in [-0.2, 0) is 11.3 Å². The number of aromatic nitrogens is 3. The normalized spacial score (nSPS) is 14.6. The predicted octanol–water partition coefficient (Wildman–Crippen LogP) is 3.37. The highest BCUT2D eigenvalue weighted by atomic mass is 35.5. The first kappa shape index (κ1) is 18.2. The Kier molecular flexibility index (Phi) is 4.38. The van der Waals surface area contributed by atoms with Crippen molar-refractivity contribution in [3.8, 4) is 0 Å². The van der Waals surface area contributed by atoms with E-state index in [0.717, 1.165) is 0 Å². The molecule has 1 aliphatic heterocycles. The van der Waals surface area contributed by atoms with Gasteiger partial charge in [0.1, 0.15) is 18.2 Å². The van der Waals surface area contributed by atoms with Crippen LogP contribution in [0, 0.1) is 5.82 Å². The molecular formula is C18H15ClFN5O3. The number of halogens is 2. The molecule has 1 atom stereocenters. The smallest absolute Gasteiger partial charge is 0.415 e. The van der Waals surface area contributed by atoms with Crippen LogP contribution in [0.5, 0.6) is 0 Å². The first-order valence-corrected chi connectivity index (χ1v) is 8.76. The van der Waals surface area contributed by atoms with E-state index in [1.165, 1.54) is 17.0 Å². The maximum atomic E-state index is 13.6. The number of hydrogen-bond donors (Lipinski definition) is 2. The summed E-state index contributed by atoms with van der Waals surface area (Å²) in [6.07, 6.45) is 1.06. The number of pyridine rings is 1. The number of nitrogens with one attached hydrogen (secondary N) is 2. The van der Waals surface area contributed by atoms with Crippen LogP contribution >= 0.6 is 11.6 Å². The number of carbonyl (C=O) groups excluding carboxylic acids is 1. The molecule has 28 heavy (non-hydrogen) atoms. The van der Waals surface area contributed by atoms with Crippen LogP contribution in [0.4, 0.5) is 21.0 Å². The summed E-state index contributed by atoms with van der Waals surface area (Å²) in [6, 6.07) is 3.81. The average Bonchev–Trinajstić information content (AvgIpc) is 2.66. The van der Waals surface area contributed by atoms with Gasteiger partial charge >= 0.3 is 6.09 Å². The second kappa shape index (κ2) is 6.75. The number of carbonyl (C=O) groups is 1. The Hall–Kier alpha value is -3.20. The lowest BCUT2D eigenvalue weighted by molar-refractivity contribution is 0.143. The quantitative estimate of drug-likeness (QED) is 0.695. The highest BCUT2D eigenvalue weighted by molar-refractivity contribution is 6.31. The van der Waals surface area contributed by atoms with Crippen LogP contribution in [0.2, 0.25) is 5.02 Å². The molecule has 8 nitrogen and oxygen atoms in total. The molecular weight excluding hydrogens is 389 g/mol. The Morgan fingerprint density at radius 1 is 1.36 bits per heavy atom. The van der Waals surface area contributed by atoms with Crippen molar-refractivity contribution < 1.29 is 13.9 Å². The molecule has 2 N–H and O–H groups in total.